The number of amides is 2. The summed E-state index contributed by atoms with van der Waals surface area (Å²) in [5.74, 6) is 0.190. The maximum absolute atomic E-state index is 12.6. The SMILES string of the molecule is O=C1NC(=S)SC1=Cc1ccc2c(c1)N(Cc1ccc(Cl)c(Cl)c1)C(=O)CS2. The Bertz CT molecular complexity index is 1060. The first-order valence-electron chi connectivity index (χ1n) is 8.17. The number of hydrogen-bond donors (Lipinski definition) is 1. The Hall–Kier alpha value is -1.51. The average molecular weight is 467 g/mol. The number of thiocarbonyl (C=S) groups is 1. The predicted octanol–water partition coefficient (Wildman–Crippen LogP) is 5.12. The summed E-state index contributed by atoms with van der Waals surface area (Å²) in [5, 5.41) is 3.54. The lowest BCUT2D eigenvalue weighted by Gasteiger charge is -2.29. The molecule has 2 aromatic rings. The Labute approximate surface area is 185 Å². The molecule has 0 spiro atoms. The molecule has 28 heavy (non-hydrogen) atoms. The second-order valence-electron chi connectivity index (χ2n) is 6.10. The van der Waals surface area contributed by atoms with Crippen LogP contribution in [0, 0.1) is 0 Å². The van der Waals surface area contributed by atoms with Gasteiger partial charge in [-0.2, -0.15) is 0 Å². The molecule has 9 heteroatoms. The molecular formula is C19H12Cl2N2O2S3. The minimum Gasteiger partial charge on any atom is -0.307 e. The Balaban J connectivity index is 1.68. The number of anilines is 1. The number of thioether (sulfide) groups is 2. The smallest absolute Gasteiger partial charge is 0.263 e. The molecule has 1 N–H and O–H groups in total. The summed E-state index contributed by atoms with van der Waals surface area (Å²) < 4.78 is 0.446. The Morgan fingerprint density at radius 2 is 1.96 bits per heavy atom. The van der Waals surface area contributed by atoms with E-state index in [-0.39, 0.29) is 11.8 Å². The lowest BCUT2D eigenvalue weighted by molar-refractivity contribution is -0.116. The van der Waals surface area contributed by atoms with Gasteiger partial charge in [-0.1, -0.05) is 59.3 Å². The van der Waals surface area contributed by atoms with Crippen LogP contribution < -0.4 is 10.2 Å². The number of nitrogens with one attached hydrogen (secondary N) is 1. The van der Waals surface area contributed by atoms with Gasteiger partial charge in [-0.3, -0.25) is 9.59 Å². The van der Waals surface area contributed by atoms with E-state index in [1.54, 1.807) is 23.1 Å². The van der Waals surface area contributed by atoms with Gasteiger partial charge in [0.1, 0.15) is 4.32 Å². The fourth-order valence-electron chi connectivity index (χ4n) is 2.88. The van der Waals surface area contributed by atoms with Gasteiger partial charge in [0.05, 0.1) is 32.9 Å². The van der Waals surface area contributed by atoms with Gasteiger partial charge in [0.2, 0.25) is 5.91 Å². The third-order valence-corrected chi connectivity index (χ3v) is 7.14. The molecule has 2 aliphatic rings. The van der Waals surface area contributed by atoms with Crippen LogP contribution in [-0.4, -0.2) is 21.9 Å². The van der Waals surface area contributed by atoms with Crippen LogP contribution >= 0.6 is 58.9 Å². The number of rotatable bonds is 3. The van der Waals surface area contributed by atoms with Crippen molar-refractivity contribution < 1.29 is 9.59 Å². The maximum atomic E-state index is 12.6. The zero-order valence-corrected chi connectivity index (χ0v) is 18.2. The summed E-state index contributed by atoms with van der Waals surface area (Å²) in [5.41, 5.74) is 2.53. The second-order valence-corrected chi connectivity index (χ2v) is 9.65. The zero-order chi connectivity index (χ0) is 19.8. The van der Waals surface area contributed by atoms with Gasteiger partial charge in [0.15, 0.2) is 0 Å². The number of fused-ring (bicyclic) bond motifs is 1. The summed E-state index contributed by atoms with van der Waals surface area (Å²) in [6.45, 7) is 0.391. The van der Waals surface area contributed by atoms with Crippen molar-refractivity contribution >= 4 is 86.8 Å². The van der Waals surface area contributed by atoms with Crippen molar-refractivity contribution in [3.63, 3.8) is 0 Å². The molecule has 1 fully saturated rings. The number of halogens is 2. The van der Waals surface area contributed by atoms with Gasteiger partial charge in [-0.25, -0.2) is 0 Å². The summed E-state index contributed by atoms with van der Waals surface area (Å²) in [4.78, 5) is 27.8. The molecule has 2 aliphatic heterocycles. The molecule has 4 nitrogen and oxygen atoms in total. The van der Waals surface area contributed by atoms with E-state index < -0.39 is 0 Å². The zero-order valence-electron chi connectivity index (χ0n) is 14.2. The van der Waals surface area contributed by atoms with E-state index in [0.717, 1.165) is 21.7 Å². The van der Waals surface area contributed by atoms with Gasteiger partial charge in [0.25, 0.3) is 5.91 Å². The van der Waals surface area contributed by atoms with Crippen molar-refractivity contribution in [2.24, 2.45) is 0 Å². The number of benzene rings is 2. The van der Waals surface area contributed by atoms with Crippen LogP contribution in [0.4, 0.5) is 5.69 Å². The Morgan fingerprint density at radius 1 is 1.14 bits per heavy atom. The highest BCUT2D eigenvalue weighted by atomic mass is 35.5. The van der Waals surface area contributed by atoms with Crippen LogP contribution in [0.3, 0.4) is 0 Å². The summed E-state index contributed by atoms with van der Waals surface area (Å²) >= 11 is 19.9. The van der Waals surface area contributed by atoms with Gasteiger partial charge >= 0.3 is 0 Å². The van der Waals surface area contributed by atoms with Crippen LogP contribution in [0.2, 0.25) is 10.0 Å². The highest BCUT2D eigenvalue weighted by Crippen LogP contribution is 2.38. The molecule has 0 radical (unpaired) electrons. The molecule has 0 aliphatic carbocycles. The predicted molar refractivity (Wildman–Crippen MR) is 121 cm³/mol. The molecular weight excluding hydrogens is 455 g/mol. The molecule has 2 amide bonds. The molecule has 0 saturated carbocycles. The third kappa shape index (κ3) is 4.09. The van der Waals surface area contributed by atoms with E-state index in [9.17, 15) is 9.59 Å². The standard InChI is InChI=1S/C19H12Cl2N2O2S3/c20-12-3-1-11(5-13(12)21)8-23-14-6-10(2-4-15(14)27-9-17(23)24)7-16-18(25)22-19(26)28-16/h1-7H,8-9H2,(H,22,25,26). The molecule has 0 aromatic heterocycles. The largest absolute Gasteiger partial charge is 0.307 e. The molecule has 0 bridgehead atoms. The Morgan fingerprint density at radius 3 is 2.68 bits per heavy atom. The molecule has 0 unspecified atom stereocenters. The fourth-order valence-corrected chi connectivity index (χ4v) is 5.16. The van der Waals surface area contributed by atoms with E-state index in [4.69, 9.17) is 35.4 Å². The number of hydrogen-bond acceptors (Lipinski definition) is 5. The number of carbonyl (C=O) groups excluding carboxylic acids is 2. The summed E-state index contributed by atoms with van der Waals surface area (Å²) in [6, 6.07) is 11.2. The van der Waals surface area contributed by atoms with Crippen molar-refractivity contribution in [3.8, 4) is 0 Å². The highest BCUT2D eigenvalue weighted by molar-refractivity contribution is 8.26. The average Bonchev–Trinajstić information content (AvgIpc) is 2.97. The van der Waals surface area contributed by atoms with Gasteiger partial charge in [0, 0.05) is 4.90 Å². The van der Waals surface area contributed by atoms with Gasteiger partial charge in [-0.15, -0.1) is 11.8 Å². The molecule has 2 aromatic carbocycles. The van der Waals surface area contributed by atoms with Crippen LogP contribution in [0.25, 0.3) is 6.08 Å². The van der Waals surface area contributed by atoms with Crippen molar-refractivity contribution in [1.82, 2.24) is 5.32 Å². The second kappa shape index (κ2) is 8.08. The van der Waals surface area contributed by atoms with E-state index in [1.807, 2.05) is 24.3 Å². The lowest BCUT2D eigenvalue weighted by atomic mass is 10.1. The summed E-state index contributed by atoms with van der Waals surface area (Å²) in [7, 11) is 0. The molecule has 2 heterocycles. The third-order valence-electron chi connectivity index (χ3n) is 4.19. The van der Waals surface area contributed by atoms with Gasteiger partial charge < -0.3 is 10.2 Å². The first-order valence-corrected chi connectivity index (χ1v) is 11.1. The van der Waals surface area contributed by atoms with Crippen LogP contribution in [0.1, 0.15) is 11.1 Å². The van der Waals surface area contributed by atoms with Crippen LogP contribution in [0.5, 0.6) is 0 Å². The molecule has 0 atom stereocenters. The van der Waals surface area contributed by atoms with Crippen molar-refractivity contribution in [3.05, 3.63) is 62.5 Å². The first kappa shape index (κ1) is 19.8. The van der Waals surface area contributed by atoms with Crippen molar-refractivity contribution in [2.75, 3.05) is 10.7 Å². The highest BCUT2D eigenvalue weighted by Gasteiger charge is 2.26. The Kier molecular flexibility index (Phi) is 5.71. The van der Waals surface area contributed by atoms with E-state index in [1.165, 1.54) is 23.5 Å². The number of carbonyl (C=O) groups is 2. The van der Waals surface area contributed by atoms with Crippen LogP contribution in [0.15, 0.2) is 46.2 Å². The first-order chi connectivity index (χ1) is 13.4. The van der Waals surface area contributed by atoms with Crippen molar-refractivity contribution in [2.45, 2.75) is 11.4 Å². The monoisotopic (exact) mass is 466 g/mol. The minimum atomic E-state index is -0.203. The number of nitrogens with zero attached hydrogens (tertiary/aromatic N) is 1. The van der Waals surface area contributed by atoms with Gasteiger partial charge in [-0.05, 0) is 41.5 Å². The van der Waals surface area contributed by atoms with Crippen LogP contribution in [-0.2, 0) is 16.1 Å². The topological polar surface area (TPSA) is 49.4 Å². The van der Waals surface area contributed by atoms with Crippen molar-refractivity contribution in [1.29, 1.82) is 0 Å². The molecule has 1 saturated heterocycles. The van der Waals surface area contributed by atoms with E-state index >= 15 is 0 Å². The molecule has 4 rings (SSSR count). The van der Waals surface area contributed by atoms with E-state index in [2.05, 4.69) is 5.32 Å². The normalized spacial score (nSPS) is 17.9. The summed E-state index contributed by atoms with van der Waals surface area (Å²) in [6.07, 6.45) is 1.78. The maximum Gasteiger partial charge on any atom is 0.263 e. The van der Waals surface area contributed by atoms with E-state index in [0.29, 0.717) is 31.6 Å². The molecule has 142 valence electrons. The quantitative estimate of drug-likeness (QED) is 0.502. The lowest BCUT2D eigenvalue weighted by Crippen LogP contribution is -2.34. The fraction of sp³-hybridized carbons (Fsp3) is 0.105. The minimum absolute atomic E-state index is 0.0162.